The molecule has 0 aliphatic carbocycles. The lowest BCUT2D eigenvalue weighted by atomic mass is 10.0. The molecule has 68 valence electrons. The molecule has 0 heterocycles. The number of rotatable bonds is 4. The molecule has 0 aliphatic heterocycles. The Hall–Kier alpha value is -0.890. The molecule has 12 heavy (non-hydrogen) atoms. The van der Waals surface area contributed by atoms with Crippen LogP contribution in [-0.2, 0) is 0 Å². The first-order valence-corrected chi connectivity index (χ1v) is 4.02. The van der Waals surface area contributed by atoms with Crippen molar-refractivity contribution in [2.24, 2.45) is 5.73 Å². The summed E-state index contributed by atoms with van der Waals surface area (Å²) in [5.41, 5.74) is 5.56. The first kappa shape index (κ1) is 11.1. The van der Waals surface area contributed by atoms with Crippen LogP contribution in [0.4, 0.5) is 4.39 Å². The van der Waals surface area contributed by atoms with Crippen LogP contribution in [0.1, 0.15) is 20.3 Å². The predicted molar refractivity (Wildman–Crippen MR) is 51.4 cm³/mol. The van der Waals surface area contributed by atoms with E-state index in [1.54, 1.807) is 12.2 Å². The normalized spacial score (nSPS) is 18.0. The van der Waals surface area contributed by atoms with Crippen molar-refractivity contribution in [2.75, 3.05) is 0 Å². The van der Waals surface area contributed by atoms with Gasteiger partial charge in [0.15, 0.2) is 0 Å². The monoisotopic (exact) mass is 169 g/mol. The summed E-state index contributed by atoms with van der Waals surface area (Å²) in [5, 5.41) is 0. The number of hydrogen-bond donors (Lipinski definition) is 1. The minimum Gasteiger partial charge on any atom is -0.322 e. The Balaban J connectivity index is 3.91. The molecule has 0 aromatic rings. The van der Waals surface area contributed by atoms with Crippen LogP contribution in [0.5, 0.6) is 0 Å². The molecule has 0 fully saturated rings. The van der Waals surface area contributed by atoms with Gasteiger partial charge in [-0.3, -0.25) is 0 Å². The maximum absolute atomic E-state index is 11.4. The van der Waals surface area contributed by atoms with Crippen molar-refractivity contribution < 1.29 is 4.39 Å². The van der Waals surface area contributed by atoms with E-state index >= 15 is 0 Å². The highest BCUT2D eigenvalue weighted by atomic mass is 19.1. The minimum atomic E-state index is -0.260. The summed E-state index contributed by atoms with van der Waals surface area (Å²) in [7, 11) is 0. The summed E-state index contributed by atoms with van der Waals surface area (Å²) in [4.78, 5) is 0. The number of allylic oxidation sites excluding steroid dienone is 4. The Kier molecular flexibility index (Phi) is 5.30. The molecule has 0 saturated heterocycles. The molecule has 0 spiro atoms. The molecule has 0 aliphatic rings. The third kappa shape index (κ3) is 5.86. The molecule has 2 heteroatoms. The van der Waals surface area contributed by atoms with Gasteiger partial charge in [-0.25, -0.2) is 4.39 Å². The van der Waals surface area contributed by atoms with E-state index in [4.69, 9.17) is 5.73 Å². The Morgan fingerprint density at radius 1 is 1.25 bits per heavy atom. The SMILES string of the molecule is CCC(C)(N)/C=C/C=C\C=C\F. The van der Waals surface area contributed by atoms with Crippen molar-refractivity contribution in [2.45, 2.75) is 25.8 Å². The molecule has 0 amide bonds. The van der Waals surface area contributed by atoms with Gasteiger partial charge in [0.05, 0.1) is 6.33 Å². The van der Waals surface area contributed by atoms with Crippen molar-refractivity contribution in [1.29, 1.82) is 0 Å². The summed E-state index contributed by atoms with van der Waals surface area (Å²) in [6.07, 6.45) is 9.78. The third-order valence-corrected chi connectivity index (χ3v) is 1.64. The number of nitrogens with two attached hydrogens (primary N) is 1. The molecule has 0 bridgehead atoms. The second-order valence-corrected chi connectivity index (χ2v) is 2.92. The Labute approximate surface area is 73.5 Å². The van der Waals surface area contributed by atoms with Crippen molar-refractivity contribution in [3.8, 4) is 0 Å². The third-order valence-electron chi connectivity index (χ3n) is 1.64. The van der Waals surface area contributed by atoms with Crippen LogP contribution >= 0.6 is 0 Å². The predicted octanol–water partition coefficient (Wildman–Crippen LogP) is 2.71. The van der Waals surface area contributed by atoms with Gasteiger partial charge in [0.1, 0.15) is 0 Å². The fourth-order valence-corrected chi connectivity index (χ4v) is 0.564. The van der Waals surface area contributed by atoms with Crippen LogP contribution in [0, 0.1) is 0 Å². The summed E-state index contributed by atoms with van der Waals surface area (Å²) in [5.74, 6) is 0. The molecule has 0 saturated carbocycles. The zero-order chi connectivity index (χ0) is 9.45. The summed E-state index contributed by atoms with van der Waals surface area (Å²) in [6, 6.07) is 0. The van der Waals surface area contributed by atoms with Crippen LogP contribution in [0.3, 0.4) is 0 Å². The van der Waals surface area contributed by atoms with E-state index in [2.05, 4.69) is 0 Å². The van der Waals surface area contributed by atoms with E-state index in [1.807, 2.05) is 26.0 Å². The lowest BCUT2D eigenvalue weighted by Crippen LogP contribution is -2.32. The minimum absolute atomic E-state index is 0.260. The van der Waals surface area contributed by atoms with Crippen molar-refractivity contribution in [1.82, 2.24) is 0 Å². The highest BCUT2D eigenvalue weighted by Crippen LogP contribution is 2.05. The van der Waals surface area contributed by atoms with E-state index < -0.39 is 0 Å². The van der Waals surface area contributed by atoms with Gasteiger partial charge in [0.25, 0.3) is 0 Å². The Bertz CT molecular complexity index is 190. The molecular weight excluding hydrogens is 153 g/mol. The van der Waals surface area contributed by atoms with Gasteiger partial charge >= 0.3 is 0 Å². The van der Waals surface area contributed by atoms with Crippen LogP contribution < -0.4 is 5.73 Å². The fourth-order valence-electron chi connectivity index (χ4n) is 0.564. The van der Waals surface area contributed by atoms with Gasteiger partial charge in [-0.1, -0.05) is 31.2 Å². The summed E-state index contributed by atoms with van der Waals surface area (Å²) >= 11 is 0. The van der Waals surface area contributed by atoms with E-state index in [-0.39, 0.29) is 5.54 Å². The number of hydrogen-bond acceptors (Lipinski definition) is 1. The summed E-state index contributed by atoms with van der Waals surface area (Å²) < 4.78 is 11.4. The smallest absolute Gasteiger partial charge is 0.0866 e. The maximum Gasteiger partial charge on any atom is 0.0866 e. The van der Waals surface area contributed by atoms with Crippen LogP contribution in [-0.4, -0.2) is 5.54 Å². The van der Waals surface area contributed by atoms with Gasteiger partial charge in [0, 0.05) is 5.54 Å². The van der Waals surface area contributed by atoms with Gasteiger partial charge in [-0.15, -0.1) is 0 Å². The average molecular weight is 169 g/mol. The average Bonchev–Trinajstić information content (AvgIpc) is 2.04. The highest BCUT2D eigenvalue weighted by molar-refractivity contribution is 5.14. The lowest BCUT2D eigenvalue weighted by molar-refractivity contribution is 0.564. The van der Waals surface area contributed by atoms with E-state index in [9.17, 15) is 4.39 Å². The molecule has 2 N–H and O–H groups in total. The maximum atomic E-state index is 11.4. The van der Waals surface area contributed by atoms with Gasteiger partial charge < -0.3 is 5.73 Å². The van der Waals surface area contributed by atoms with Crippen LogP contribution in [0.2, 0.25) is 0 Å². The fraction of sp³-hybridized carbons (Fsp3) is 0.400. The van der Waals surface area contributed by atoms with Gasteiger partial charge in [-0.2, -0.15) is 0 Å². The van der Waals surface area contributed by atoms with Gasteiger partial charge in [-0.05, 0) is 19.4 Å². The van der Waals surface area contributed by atoms with E-state index in [0.29, 0.717) is 6.33 Å². The van der Waals surface area contributed by atoms with Crippen LogP contribution in [0.15, 0.2) is 36.7 Å². The summed E-state index contributed by atoms with van der Waals surface area (Å²) in [6.45, 7) is 3.97. The molecular formula is C10H16FN. The molecule has 1 nitrogen and oxygen atoms in total. The van der Waals surface area contributed by atoms with Crippen molar-refractivity contribution >= 4 is 0 Å². The van der Waals surface area contributed by atoms with Crippen molar-refractivity contribution in [3.05, 3.63) is 36.7 Å². The van der Waals surface area contributed by atoms with E-state index in [1.165, 1.54) is 6.08 Å². The second-order valence-electron chi connectivity index (χ2n) is 2.92. The lowest BCUT2D eigenvalue weighted by Gasteiger charge is -2.16. The van der Waals surface area contributed by atoms with Crippen LogP contribution in [0.25, 0.3) is 0 Å². The zero-order valence-corrected chi connectivity index (χ0v) is 7.63. The van der Waals surface area contributed by atoms with E-state index in [0.717, 1.165) is 6.42 Å². The Morgan fingerprint density at radius 3 is 2.33 bits per heavy atom. The number of halogens is 1. The standard InChI is InChI=1S/C10H16FN/c1-3-10(2,12)8-6-4-5-7-9-11/h4-9H,3,12H2,1-2H3/b5-4-,8-6+,9-7+. The molecule has 0 aromatic heterocycles. The molecule has 0 radical (unpaired) electrons. The zero-order valence-electron chi connectivity index (χ0n) is 7.63. The molecule has 0 aromatic carbocycles. The molecule has 1 atom stereocenters. The largest absolute Gasteiger partial charge is 0.322 e. The van der Waals surface area contributed by atoms with Crippen molar-refractivity contribution in [3.63, 3.8) is 0 Å². The quantitative estimate of drug-likeness (QED) is 0.643. The first-order chi connectivity index (χ1) is 5.62. The molecule has 0 rings (SSSR count). The topological polar surface area (TPSA) is 26.0 Å². The first-order valence-electron chi connectivity index (χ1n) is 4.02. The second kappa shape index (κ2) is 5.72. The molecule has 1 unspecified atom stereocenters. The van der Waals surface area contributed by atoms with Gasteiger partial charge in [0.2, 0.25) is 0 Å². The Morgan fingerprint density at radius 2 is 1.83 bits per heavy atom. The highest BCUT2D eigenvalue weighted by Gasteiger charge is 2.08.